The number of carbonyl (C=O) groups is 3. The SMILES string of the molecule is CCOC(=O)C[C@H](NC(=O)NC1CCN(Cc2cccs2)C1=O)c1ccc2c(c1)OCO2. The number of urea groups is 1. The van der Waals surface area contributed by atoms with Crippen molar-refractivity contribution in [3.05, 3.63) is 46.2 Å². The number of esters is 1. The third kappa shape index (κ3) is 5.13. The van der Waals surface area contributed by atoms with Gasteiger partial charge in [-0.3, -0.25) is 9.59 Å². The zero-order valence-electron chi connectivity index (χ0n) is 17.7. The number of benzene rings is 1. The van der Waals surface area contributed by atoms with E-state index in [0.29, 0.717) is 36.6 Å². The van der Waals surface area contributed by atoms with Crippen molar-refractivity contribution >= 4 is 29.2 Å². The summed E-state index contributed by atoms with van der Waals surface area (Å²) in [6, 6.07) is 7.39. The summed E-state index contributed by atoms with van der Waals surface area (Å²) in [6.45, 7) is 3.22. The fourth-order valence-electron chi connectivity index (χ4n) is 3.75. The Hall–Kier alpha value is -3.27. The lowest BCUT2D eigenvalue weighted by atomic mass is 10.0. The van der Waals surface area contributed by atoms with E-state index in [0.717, 1.165) is 4.88 Å². The van der Waals surface area contributed by atoms with Crippen LogP contribution in [-0.2, 0) is 20.9 Å². The van der Waals surface area contributed by atoms with Gasteiger partial charge in [0.15, 0.2) is 11.5 Å². The highest BCUT2D eigenvalue weighted by atomic mass is 32.1. The summed E-state index contributed by atoms with van der Waals surface area (Å²) in [5.41, 5.74) is 0.675. The molecule has 3 amide bonds. The standard InChI is InChI=1S/C22H25N3O6S/c1-2-29-20(26)11-17(14-5-6-18-19(10-14)31-13-30-18)24-22(28)23-16-7-8-25(21(16)27)12-15-4-3-9-32-15/h3-6,9-10,16-17H,2,7-8,11-13H2,1H3,(H2,23,24,28)/t16?,17-/m0/s1. The summed E-state index contributed by atoms with van der Waals surface area (Å²) >= 11 is 1.59. The molecule has 2 atom stereocenters. The van der Waals surface area contributed by atoms with Gasteiger partial charge in [-0.1, -0.05) is 12.1 Å². The van der Waals surface area contributed by atoms with E-state index >= 15 is 0 Å². The van der Waals surface area contributed by atoms with E-state index in [1.165, 1.54) is 0 Å². The van der Waals surface area contributed by atoms with Crippen LogP contribution in [0.5, 0.6) is 11.5 Å². The molecular formula is C22H25N3O6S. The van der Waals surface area contributed by atoms with Crippen LogP contribution >= 0.6 is 11.3 Å². The van der Waals surface area contributed by atoms with Crippen molar-refractivity contribution in [3.63, 3.8) is 0 Å². The Morgan fingerprint density at radius 2 is 2.12 bits per heavy atom. The van der Waals surface area contributed by atoms with Crippen LogP contribution < -0.4 is 20.1 Å². The van der Waals surface area contributed by atoms with Crippen LogP contribution in [0.25, 0.3) is 0 Å². The Kier molecular flexibility index (Phi) is 6.79. The molecular weight excluding hydrogens is 434 g/mol. The Morgan fingerprint density at radius 1 is 1.28 bits per heavy atom. The maximum atomic E-state index is 12.7. The average molecular weight is 460 g/mol. The molecule has 0 bridgehead atoms. The van der Waals surface area contributed by atoms with Crippen molar-refractivity contribution in [2.75, 3.05) is 19.9 Å². The summed E-state index contributed by atoms with van der Waals surface area (Å²) in [6.07, 6.45) is 0.480. The molecule has 3 heterocycles. The molecule has 2 aliphatic rings. The first-order valence-corrected chi connectivity index (χ1v) is 11.3. The monoisotopic (exact) mass is 459 g/mol. The molecule has 2 aromatic rings. The molecule has 0 saturated carbocycles. The van der Waals surface area contributed by atoms with Gasteiger partial charge in [0.2, 0.25) is 12.7 Å². The molecule has 32 heavy (non-hydrogen) atoms. The van der Waals surface area contributed by atoms with Gasteiger partial charge in [-0.25, -0.2) is 4.79 Å². The fraction of sp³-hybridized carbons (Fsp3) is 0.409. The summed E-state index contributed by atoms with van der Waals surface area (Å²) in [5.74, 6) is 0.609. The second-order valence-electron chi connectivity index (χ2n) is 7.47. The van der Waals surface area contributed by atoms with Crippen molar-refractivity contribution in [2.45, 2.75) is 38.4 Å². The van der Waals surface area contributed by atoms with Crippen LogP contribution in [0, 0.1) is 0 Å². The third-order valence-electron chi connectivity index (χ3n) is 5.31. The van der Waals surface area contributed by atoms with Crippen LogP contribution in [0.1, 0.15) is 36.2 Å². The molecule has 1 unspecified atom stereocenters. The Bertz CT molecular complexity index is 980. The van der Waals surface area contributed by atoms with Gasteiger partial charge in [-0.2, -0.15) is 0 Å². The molecule has 1 fully saturated rings. The number of fused-ring (bicyclic) bond motifs is 1. The van der Waals surface area contributed by atoms with E-state index in [4.69, 9.17) is 14.2 Å². The molecule has 0 radical (unpaired) electrons. The number of likely N-dealkylation sites (tertiary alicyclic amines) is 1. The summed E-state index contributed by atoms with van der Waals surface area (Å²) in [4.78, 5) is 40.4. The lowest BCUT2D eigenvalue weighted by molar-refractivity contribution is -0.143. The van der Waals surface area contributed by atoms with E-state index in [2.05, 4.69) is 10.6 Å². The number of nitrogens with zero attached hydrogens (tertiary/aromatic N) is 1. The number of amides is 3. The maximum absolute atomic E-state index is 12.7. The minimum atomic E-state index is -0.651. The highest BCUT2D eigenvalue weighted by Gasteiger charge is 2.33. The highest BCUT2D eigenvalue weighted by Crippen LogP contribution is 2.35. The van der Waals surface area contributed by atoms with Gasteiger partial charge in [0.05, 0.1) is 25.6 Å². The molecule has 0 aliphatic carbocycles. The number of thiophene rings is 1. The zero-order chi connectivity index (χ0) is 22.5. The predicted molar refractivity (Wildman–Crippen MR) is 116 cm³/mol. The molecule has 2 N–H and O–H groups in total. The molecule has 0 spiro atoms. The van der Waals surface area contributed by atoms with E-state index in [-0.39, 0.29) is 25.7 Å². The number of hydrogen-bond donors (Lipinski definition) is 2. The van der Waals surface area contributed by atoms with E-state index in [1.54, 1.807) is 41.4 Å². The smallest absolute Gasteiger partial charge is 0.315 e. The normalized spacial score (nSPS) is 17.8. The lowest BCUT2D eigenvalue weighted by Crippen LogP contribution is -2.47. The van der Waals surface area contributed by atoms with E-state index < -0.39 is 24.1 Å². The number of rotatable bonds is 8. The molecule has 1 aromatic heterocycles. The Labute approximate surface area is 189 Å². The third-order valence-corrected chi connectivity index (χ3v) is 6.17. The van der Waals surface area contributed by atoms with Crippen molar-refractivity contribution in [3.8, 4) is 11.5 Å². The van der Waals surface area contributed by atoms with Crippen LogP contribution in [0.4, 0.5) is 4.79 Å². The Morgan fingerprint density at radius 3 is 2.91 bits per heavy atom. The molecule has 10 heteroatoms. The molecule has 170 valence electrons. The van der Waals surface area contributed by atoms with Gasteiger partial charge in [0.25, 0.3) is 0 Å². The number of carbonyl (C=O) groups excluding carboxylic acids is 3. The second-order valence-corrected chi connectivity index (χ2v) is 8.50. The minimum absolute atomic E-state index is 0.0516. The van der Waals surface area contributed by atoms with Crippen LogP contribution in [0.15, 0.2) is 35.7 Å². The second kappa shape index (κ2) is 9.90. The van der Waals surface area contributed by atoms with Crippen LogP contribution in [0.2, 0.25) is 0 Å². The van der Waals surface area contributed by atoms with E-state index in [9.17, 15) is 14.4 Å². The topological polar surface area (TPSA) is 106 Å². The van der Waals surface area contributed by atoms with Crippen molar-refractivity contribution in [1.82, 2.24) is 15.5 Å². The quantitative estimate of drug-likeness (QED) is 0.588. The first-order chi connectivity index (χ1) is 15.5. The fourth-order valence-corrected chi connectivity index (χ4v) is 4.47. The van der Waals surface area contributed by atoms with E-state index in [1.807, 2.05) is 17.5 Å². The maximum Gasteiger partial charge on any atom is 0.315 e. The van der Waals surface area contributed by atoms with Crippen LogP contribution in [0.3, 0.4) is 0 Å². The van der Waals surface area contributed by atoms with Crippen molar-refractivity contribution in [1.29, 1.82) is 0 Å². The molecule has 1 aromatic carbocycles. The molecule has 2 aliphatic heterocycles. The van der Waals surface area contributed by atoms with Gasteiger partial charge >= 0.3 is 12.0 Å². The summed E-state index contributed by atoms with van der Waals surface area (Å²) in [5, 5.41) is 7.53. The van der Waals surface area contributed by atoms with Gasteiger partial charge in [0.1, 0.15) is 6.04 Å². The average Bonchev–Trinajstić information content (AvgIpc) is 3.51. The largest absolute Gasteiger partial charge is 0.466 e. The van der Waals surface area contributed by atoms with Gasteiger partial charge < -0.3 is 29.7 Å². The minimum Gasteiger partial charge on any atom is -0.466 e. The van der Waals surface area contributed by atoms with Crippen molar-refractivity contribution < 1.29 is 28.6 Å². The van der Waals surface area contributed by atoms with Gasteiger partial charge in [-0.05, 0) is 42.5 Å². The van der Waals surface area contributed by atoms with Crippen LogP contribution in [-0.4, -0.2) is 48.8 Å². The summed E-state index contributed by atoms with van der Waals surface area (Å²) in [7, 11) is 0. The number of hydrogen-bond acceptors (Lipinski definition) is 7. The van der Waals surface area contributed by atoms with Crippen molar-refractivity contribution in [2.24, 2.45) is 0 Å². The first kappa shape index (κ1) is 21.9. The predicted octanol–water partition coefficient (Wildman–Crippen LogP) is 2.57. The van der Waals surface area contributed by atoms with Gasteiger partial charge in [-0.15, -0.1) is 11.3 Å². The highest BCUT2D eigenvalue weighted by molar-refractivity contribution is 7.09. The number of nitrogens with one attached hydrogen (secondary N) is 2. The molecule has 1 saturated heterocycles. The number of ether oxygens (including phenoxy) is 3. The molecule has 9 nitrogen and oxygen atoms in total. The zero-order valence-corrected chi connectivity index (χ0v) is 18.5. The molecule has 4 rings (SSSR count). The lowest BCUT2D eigenvalue weighted by Gasteiger charge is -2.21. The Balaban J connectivity index is 1.39. The van der Waals surface area contributed by atoms with Gasteiger partial charge in [0, 0.05) is 11.4 Å². The summed E-state index contributed by atoms with van der Waals surface area (Å²) < 4.78 is 15.8. The first-order valence-electron chi connectivity index (χ1n) is 10.5.